The molecule has 0 aliphatic rings. The Morgan fingerprint density at radius 3 is 2.45 bits per heavy atom. The molecule has 0 fully saturated rings. The smallest absolute Gasteiger partial charge is 0.213 e. The van der Waals surface area contributed by atoms with Gasteiger partial charge in [-0.25, -0.2) is 0 Å². The summed E-state index contributed by atoms with van der Waals surface area (Å²) in [7, 11) is 0. The highest BCUT2D eigenvalue weighted by Gasteiger charge is 2.21. The summed E-state index contributed by atoms with van der Waals surface area (Å²) in [6.45, 7) is 1.91. The summed E-state index contributed by atoms with van der Waals surface area (Å²) in [4.78, 5) is 12.8. The van der Waals surface area contributed by atoms with Gasteiger partial charge >= 0.3 is 0 Å². The van der Waals surface area contributed by atoms with Crippen molar-refractivity contribution in [1.29, 1.82) is 0 Å². The minimum absolute atomic E-state index is 0.163. The first kappa shape index (κ1) is 13.2. The van der Waals surface area contributed by atoms with E-state index >= 15 is 0 Å². The molecule has 2 aromatic heterocycles. The van der Waals surface area contributed by atoms with E-state index in [1.54, 1.807) is 18.2 Å². The van der Waals surface area contributed by atoms with Crippen LogP contribution in [0.15, 0.2) is 48.7 Å². The maximum atomic E-state index is 12.8. The molecule has 0 aliphatic heterocycles. The van der Waals surface area contributed by atoms with Crippen LogP contribution in [0.2, 0.25) is 10.0 Å². The first-order chi connectivity index (χ1) is 9.59. The Labute approximate surface area is 126 Å². The van der Waals surface area contributed by atoms with Gasteiger partial charge in [0.25, 0.3) is 0 Å². The largest absolute Gasteiger partial charge is 0.313 e. The van der Waals surface area contributed by atoms with Gasteiger partial charge < -0.3 is 4.40 Å². The number of carbonyl (C=O) groups is 1. The standard InChI is InChI=1S/C16H11Cl2NO/c1-10-9-11-5-2-3-8-19(11)15(10)16(20)14-12(17)6-4-7-13(14)18/h2-9H,1H3. The fourth-order valence-corrected chi connectivity index (χ4v) is 2.95. The Bertz CT molecular complexity index is 800. The number of carbonyl (C=O) groups excluding carboxylic acids is 1. The van der Waals surface area contributed by atoms with Crippen LogP contribution in [-0.4, -0.2) is 10.2 Å². The van der Waals surface area contributed by atoms with E-state index in [4.69, 9.17) is 23.2 Å². The molecule has 3 aromatic rings. The van der Waals surface area contributed by atoms with E-state index in [0.29, 0.717) is 21.3 Å². The van der Waals surface area contributed by atoms with Gasteiger partial charge in [0.1, 0.15) is 0 Å². The topological polar surface area (TPSA) is 21.5 Å². The van der Waals surface area contributed by atoms with Gasteiger partial charge in [-0.1, -0.05) is 35.3 Å². The average Bonchev–Trinajstić information content (AvgIpc) is 2.74. The van der Waals surface area contributed by atoms with E-state index in [2.05, 4.69) is 0 Å². The summed E-state index contributed by atoms with van der Waals surface area (Å²) in [5.41, 5.74) is 2.81. The highest BCUT2D eigenvalue weighted by molar-refractivity contribution is 6.41. The van der Waals surface area contributed by atoms with Crippen LogP contribution in [0.5, 0.6) is 0 Å². The van der Waals surface area contributed by atoms with Crippen molar-refractivity contribution in [3.63, 3.8) is 0 Å². The molecule has 0 spiro atoms. The Morgan fingerprint density at radius 2 is 1.75 bits per heavy atom. The van der Waals surface area contributed by atoms with E-state index < -0.39 is 0 Å². The molecule has 20 heavy (non-hydrogen) atoms. The van der Waals surface area contributed by atoms with E-state index in [9.17, 15) is 4.79 Å². The summed E-state index contributed by atoms with van der Waals surface area (Å²) < 4.78 is 1.86. The van der Waals surface area contributed by atoms with Crippen LogP contribution in [0.25, 0.3) is 5.52 Å². The maximum Gasteiger partial charge on any atom is 0.213 e. The van der Waals surface area contributed by atoms with Crippen LogP contribution >= 0.6 is 23.2 Å². The number of pyridine rings is 1. The number of benzene rings is 1. The van der Waals surface area contributed by atoms with Gasteiger partial charge in [-0.2, -0.15) is 0 Å². The molecule has 3 rings (SSSR count). The molecular weight excluding hydrogens is 293 g/mol. The van der Waals surface area contributed by atoms with Gasteiger partial charge in [0.2, 0.25) is 5.78 Å². The van der Waals surface area contributed by atoms with Crippen molar-refractivity contribution in [1.82, 2.24) is 4.40 Å². The first-order valence-electron chi connectivity index (χ1n) is 6.15. The molecule has 100 valence electrons. The van der Waals surface area contributed by atoms with Crippen molar-refractivity contribution < 1.29 is 4.79 Å². The van der Waals surface area contributed by atoms with Gasteiger partial charge in [0.05, 0.1) is 21.3 Å². The minimum atomic E-state index is -0.163. The number of aryl methyl sites for hydroxylation is 1. The van der Waals surface area contributed by atoms with Crippen LogP contribution < -0.4 is 0 Å². The number of hydrogen-bond acceptors (Lipinski definition) is 1. The SMILES string of the molecule is Cc1cc2ccccn2c1C(=O)c1c(Cl)cccc1Cl. The third kappa shape index (κ3) is 2.01. The number of hydrogen-bond donors (Lipinski definition) is 0. The zero-order chi connectivity index (χ0) is 14.3. The van der Waals surface area contributed by atoms with E-state index in [0.717, 1.165) is 11.1 Å². The van der Waals surface area contributed by atoms with Crippen LogP contribution in [0.4, 0.5) is 0 Å². The van der Waals surface area contributed by atoms with Crippen molar-refractivity contribution in [2.75, 3.05) is 0 Å². The van der Waals surface area contributed by atoms with Gasteiger partial charge in [-0.05, 0) is 42.8 Å². The summed E-state index contributed by atoms with van der Waals surface area (Å²) in [5.74, 6) is -0.163. The molecule has 2 heterocycles. The predicted octanol–water partition coefficient (Wildman–Crippen LogP) is 4.79. The number of fused-ring (bicyclic) bond motifs is 1. The average molecular weight is 304 g/mol. The Kier molecular flexibility index (Phi) is 3.28. The second kappa shape index (κ2) is 4.97. The number of nitrogens with zero attached hydrogens (tertiary/aromatic N) is 1. The van der Waals surface area contributed by atoms with Gasteiger partial charge in [0.15, 0.2) is 0 Å². The second-order valence-corrected chi connectivity index (χ2v) is 5.41. The summed E-state index contributed by atoms with van der Waals surface area (Å²) in [5, 5.41) is 0.737. The van der Waals surface area contributed by atoms with E-state index in [1.165, 1.54) is 0 Å². The zero-order valence-electron chi connectivity index (χ0n) is 10.7. The number of rotatable bonds is 2. The molecule has 2 nitrogen and oxygen atoms in total. The third-order valence-electron chi connectivity index (χ3n) is 3.28. The molecule has 0 saturated carbocycles. The van der Waals surface area contributed by atoms with Crippen molar-refractivity contribution in [2.45, 2.75) is 6.92 Å². The fourth-order valence-electron chi connectivity index (χ4n) is 2.38. The minimum Gasteiger partial charge on any atom is -0.313 e. The van der Waals surface area contributed by atoms with Crippen LogP contribution in [-0.2, 0) is 0 Å². The van der Waals surface area contributed by atoms with Crippen molar-refractivity contribution in [2.24, 2.45) is 0 Å². The number of halogens is 2. The Morgan fingerprint density at radius 1 is 1.05 bits per heavy atom. The maximum absolute atomic E-state index is 12.8. The van der Waals surface area contributed by atoms with Crippen LogP contribution in [0, 0.1) is 6.92 Å². The molecule has 0 aliphatic carbocycles. The zero-order valence-corrected chi connectivity index (χ0v) is 12.2. The molecule has 0 saturated heterocycles. The lowest BCUT2D eigenvalue weighted by Crippen LogP contribution is -2.08. The van der Waals surface area contributed by atoms with E-state index in [-0.39, 0.29) is 5.78 Å². The highest BCUT2D eigenvalue weighted by Crippen LogP contribution is 2.28. The first-order valence-corrected chi connectivity index (χ1v) is 6.90. The van der Waals surface area contributed by atoms with Crippen molar-refractivity contribution in [3.05, 3.63) is 75.5 Å². The molecule has 0 N–H and O–H groups in total. The van der Waals surface area contributed by atoms with Crippen molar-refractivity contribution in [3.8, 4) is 0 Å². The number of ketones is 1. The van der Waals surface area contributed by atoms with Gasteiger partial charge in [-0.3, -0.25) is 4.79 Å². The van der Waals surface area contributed by atoms with Crippen LogP contribution in [0.3, 0.4) is 0 Å². The molecule has 0 atom stereocenters. The Hall–Kier alpha value is -1.77. The van der Waals surface area contributed by atoms with Gasteiger partial charge in [-0.15, -0.1) is 0 Å². The lowest BCUT2D eigenvalue weighted by molar-refractivity contribution is 0.103. The molecule has 0 amide bonds. The highest BCUT2D eigenvalue weighted by atomic mass is 35.5. The Balaban J connectivity index is 2.26. The summed E-state index contributed by atoms with van der Waals surface area (Å²) in [6.07, 6.45) is 1.86. The summed E-state index contributed by atoms with van der Waals surface area (Å²) >= 11 is 12.3. The molecule has 1 aromatic carbocycles. The van der Waals surface area contributed by atoms with E-state index in [1.807, 2.05) is 41.8 Å². The molecule has 4 heteroatoms. The quantitative estimate of drug-likeness (QED) is 0.624. The fraction of sp³-hybridized carbons (Fsp3) is 0.0625. The molecule has 0 bridgehead atoms. The molecule has 0 unspecified atom stereocenters. The summed E-state index contributed by atoms with van der Waals surface area (Å²) in [6, 6.07) is 12.8. The molecular formula is C16H11Cl2NO. The van der Waals surface area contributed by atoms with Gasteiger partial charge in [0, 0.05) is 11.7 Å². The lowest BCUT2D eigenvalue weighted by Gasteiger charge is -2.07. The monoisotopic (exact) mass is 303 g/mol. The molecule has 0 radical (unpaired) electrons. The lowest BCUT2D eigenvalue weighted by atomic mass is 10.1. The van der Waals surface area contributed by atoms with Crippen LogP contribution in [0.1, 0.15) is 21.6 Å². The second-order valence-electron chi connectivity index (χ2n) is 4.60. The number of aromatic nitrogens is 1. The third-order valence-corrected chi connectivity index (χ3v) is 3.91. The van der Waals surface area contributed by atoms with Crippen molar-refractivity contribution >= 4 is 34.5 Å². The normalized spacial score (nSPS) is 10.9. The predicted molar refractivity (Wildman–Crippen MR) is 82.0 cm³/mol.